The smallest absolute Gasteiger partial charge is 0.253 e. The minimum atomic E-state index is 0.0408. The summed E-state index contributed by atoms with van der Waals surface area (Å²) in [5.74, 6) is 1.67. The van der Waals surface area contributed by atoms with E-state index in [1.54, 1.807) is 18.0 Å². The van der Waals surface area contributed by atoms with Crippen LogP contribution >= 0.6 is 0 Å². The Balaban J connectivity index is 1.26. The molecule has 0 bridgehead atoms. The summed E-state index contributed by atoms with van der Waals surface area (Å²) in [5.41, 5.74) is 3.68. The zero-order valence-electron chi connectivity index (χ0n) is 18.1. The second-order valence-electron chi connectivity index (χ2n) is 8.15. The van der Waals surface area contributed by atoms with E-state index in [1.165, 1.54) is 0 Å². The maximum Gasteiger partial charge on any atom is 0.253 e. The molecule has 3 heterocycles. The van der Waals surface area contributed by atoms with Crippen molar-refractivity contribution in [2.75, 3.05) is 42.5 Å². The minimum absolute atomic E-state index is 0.0408. The van der Waals surface area contributed by atoms with Gasteiger partial charge in [0.25, 0.3) is 5.91 Å². The molecule has 2 amide bonds. The summed E-state index contributed by atoms with van der Waals surface area (Å²) < 4.78 is 0. The summed E-state index contributed by atoms with van der Waals surface area (Å²) in [6, 6.07) is 17.5. The van der Waals surface area contributed by atoms with Crippen LogP contribution in [0.2, 0.25) is 0 Å². The average molecular weight is 428 g/mol. The predicted octanol–water partition coefficient (Wildman–Crippen LogP) is 3.02. The maximum absolute atomic E-state index is 13.1. The fourth-order valence-corrected chi connectivity index (χ4v) is 4.43. The third-order valence-corrected chi connectivity index (χ3v) is 6.17. The molecule has 0 atom stereocenters. The van der Waals surface area contributed by atoms with Crippen LogP contribution in [0.4, 0.5) is 11.5 Å². The number of nitrogens with zero attached hydrogens (tertiary/aromatic N) is 5. The quantitative estimate of drug-likeness (QED) is 0.643. The Kier molecular flexibility index (Phi) is 5.31. The summed E-state index contributed by atoms with van der Waals surface area (Å²) in [6.45, 7) is 4.99. The first-order valence-corrected chi connectivity index (χ1v) is 10.9. The van der Waals surface area contributed by atoms with Crippen molar-refractivity contribution in [3.8, 4) is 11.4 Å². The fourth-order valence-electron chi connectivity index (χ4n) is 4.43. The lowest BCUT2D eigenvalue weighted by molar-refractivity contribution is -0.116. The summed E-state index contributed by atoms with van der Waals surface area (Å²) in [5, 5.41) is 0. The Morgan fingerprint density at radius 2 is 1.69 bits per heavy atom. The molecule has 7 nitrogen and oxygen atoms in total. The van der Waals surface area contributed by atoms with Crippen molar-refractivity contribution in [2.24, 2.45) is 0 Å². The highest BCUT2D eigenvalue weighted by atomic mass is 16.2. The highest BCUT2D eigenvalue weighted by molar-refractivity contribution is 5.98. The first-order valence-electron chi connectivity index (χ1n) is 10.9. The number of hydrogen-bond donors (Lipinski definition) is 0. The van der Waals surface area contributed by atoms with Crippen LogP contribution < -0.4 is 9.80 Å². The number of anilines is 2. The van der Waals surface area contributed by atoms with Gasteiger partial charge in [0.05, 0.1) is 0 Å². The van der Waals surface area contributed by atoms with Gasteiger partial charge in [0.15, 0.2) is 5.82 Å². The van der Waals surface area contributed by atoms with Gasteiger partial charge in [0, 0.05) is 62.7 Å². The molecule has 0 unspecified atom stereocenters. The molecule has 3 aromatic rings. The number of fused-ring (bicyclic) bond motifs is 1. The molecule has 2 aliphatic rings. The van der Waals surface area contributed by atoms with Gasteiger partial charge in [-0.25, -0.2) is 9.97 Å². The number of rotatable bonds is 3. The zero-order valence-corrected chi connectivity index (χ0v) is 18.1. The third-order valence-electron chi connectivity index (χ3n) is 6.17. The molecule has 0 saturated carbocycles. The van der Waals surface area contributed by atoms with Gasteiger partial charge in [-0.1, -0.05) is 30.3 Å². The molecule has 0 aliphatic carbocycles. The van der Waals surface area contributed by atoms with E-state index in [9.17, 15) is 9.59 Å². The van der Waals surface area contributed by atoms with Crippen molar-refractivity contribution in [1.29, 1.82) is 0 Å². The van der Waals surface area contributed by atoms with E-state index in [-0.39, 0.29) is 11.8 Å². The maximum atomic E-state index is 13.1. The Morgan fingerprint density at radius 3 is 2.44 bits per heavy atom. The molecule has 2 aromatic carbocycles. The monoisotopic (exact) mass is 427 g/mol. The minimum Gasteiger partial charge on any atom is -0.353 e. The average Bonchev–Trinajstić information content (AvgIpc) is 3.28. The van der Waals surface area contributed by atoms with E-state index < -0.39 is 0 Å². The Labute approximate surface area is 187 Å². The number of benzene rings is 2. The number of carbonyl (C=O) groups is 2. The van der Waals surface area contributed by atoms with Crippen LogP contribution in [0.25, 0.3) is 11.4 Å². The van der Waals surface area contributed by atoms with Gasteiger partial charge >= 0.3 is 0 Å². The van der Waals surface area contributed by atoms with Crippen LogP contribution in [-0.4, -0.2) is 59.4 Å². The van der Waals surface area contributed by atoms with Crippen LogP contribution in [0.5, 0.6) is 0 Å². The SMILES string of the molecule is CC(=O)N1CCc2cc(C(=O)N3CCN(c4ccnc(-c5ccccc5)n4)CC3)ccc21. The number of aromatic nitrogens is 2. The predicted molar refractivity (Wildman–Crippen MR) is 124 cm³/mol. The van der Waals surface area contributed by atoms with Gasteiger partial charge in [-0.2, -0.15) is 0 Å². The molecule has 162 valence electrons. The van der Waals surface area contributed by atoms with Gasteiger partial charge in [-0.05, 0) is 36.2 Å². The van der Waals surface area contributed by atoms with Gasteiger partial charge in [-0.15, -0.1) is 0 Å². The van der Waals surface area contributed by atoms with Gasteiger partial charge in [0.2, 0.25) is 5.91 Å². The second-order valence-corrected chi connectivity index (χ2v) is 8.15. The van der Waals surface area contributed by atoms with Crippen molar-refractivity contribution in [3.63, 3.8) is 0 Å². The standard InChI is InChI=1S/C25H25N5O2/c1-18(31)30-12-10-20-17-21(7-8-22(20)30)25(32)29-15-13-28(14-16-29)23-9-11-26-24(27-23)19-5-3-2-4-6-19/h2-9,11,17H,10,12-16H2,1H3. The molecule has 1 aromatic heterocycles. The number of piperazine rings is 1. The Hall–Kier alpha value is -3.74. The molecule has 0 N–H and O–H groups in total. The Morgan fingerprint density at radius 1 is 0.906 bits per heavy atom. The van der Waals surface area contributed by atoms with Crippen LogP contribution in [0.1, 0.15) is 22.8 Å². The van der Waals surface area contributed by atoms with E-state index >= 15 is 0 Å². The van der Waals surface area contributed by atoms with Crippen molar-refractivity contribution < 1.29 is 9.59 Å². The molecule has 5 rings (SSSR count). The molecular weight excluding hydrogens is 402 g/mol. The normalized spacial score (nSPS) is 15.6. The number of amides is 2. The van der Waals surface area contributed by atoms with E-state index in [2.05, 4.69) is 9.88 Å². The number of carbonyl (C=O) groups excluding carboxylic acids is 2. The highest BCUT2D eigenvalue weighted by Gasteiger charge is 2.26. The van der Waals surface area contributed by atoms with E-state index in [1.807, 2.05) is 59.5 Å². The van der Waals surface area contributed by atoms with Crippen LogP contribution in [-0.2, 0) is 11.2 Å². The first-order chi connectivity index (χ1) is 15.6. The summed E-state index contributed by atoms with van der Waals surface area (Å²) in [7, 11) is 0. The molecule has 0 spiro atoms. The zero-order chi connectivity index (χ0) is 22.1. The molecule has 0 radical (unpaired) electrons. The van der Waals surface area contributed by atoms with Crippen LogP contribution in [0.15, 0.2) is 60.8 Å². The van der Waals surface area contributed by atoms with Gasteiger partial charge in [-0.3, -0.25) is 9.59 Å². The summed E-state index contributed by atoms with van der Waals surface area (Å²) in [6.07, 6.45) is 2.58. The number of hydrogen-bond acceptors (Lipinski definition) is 5. The van der Waals surface area contributed by atoms with Crippen molar-refractivity contribution in [2.45, 2.75) is 13.3 Å². The van der Waals surface area contributed by atoms with Crippen molar-refractivity contribution in [3.05, 3.63) is 71.9 Å². The topological polar surface area (TPSA) is 69.6 Å². The Bertz CT molecular complexity index is 1160. The lowest BCUT2D eigenvalue weighted by atomic mass is 10.1. The third kappa shape index (κ3) is 3.82. The van der Waals surface area contributed by atoms with Crippen molar-refractivity contribution >= 4 is 23.3 Å². The molecule has 32 heavy (non-hydrogen) atoms. The summed E-state index contributed by atoms with van der Waals surface area (Å²) >= 11 is 0. The first kappa shape index (κ1) is 20.2. The lowest BCUT2D eigenvalue weighted by Crippen LogP contribution is -2.49. The van der Waals surface area contributed by atoms with Gasteiger partial charge in [0.1, 0.15) is 5.82 Å². The van der Waals surface area contributed by atoms with Crippen LogP contribution in [0, 0.1) is 0 Å². The van der Waals surface area contributed by atoms with Crippen molar-refractivity contribution in [1.82, 2.24) is 14.9 Å². The lowest BCUT2D eigenvalue weighted by Gasteiger charge is -2.35. The molecule has 7 heteroatoms. The van der Waals surface area contributed by atoms with Crippen LogP contribution in [0.3, 0.4) is 0 Å². The molecular formula is C25H25N5O2. The van der Waals surface area contributed by atoms with E-state index in [4.69, 9.17) is 4.98 Å². The largest absolute Gasteiger partial charge is 0.353 e. The van der Waals surface area contributed by atoms with E-state index in [0.717, 1.165) is 42.1 Å². The molecule has 1 fully saturated rings. The molecule has 1 saturated heterocycles. The highest BCUT2D eigenvalue weighted by Crippen LogP contribution is 2.29. The fraction of sp³-hybridized carbons (Fsp3) is 0.280. The second kappa shape index (κ2) is 8.42. The van der Waals surface area contributed by atoms with E-state index in [0.29, 0.717) is 31.0 Å². The molecule has 2 aliphatic heterocycles. The summed E-state index contributed by atoms with van der Waals surface area (Å²) in [4.78, 5) is 39.9. The van der Waals surface area contributed by atoms with Gasteiger partial charge < -0.3 is 14.7 Å².